The first kappa shape index (κ1) is 12.7. The molecule has 0 unspecified atom stereocenters. The van der Waals surface area contributed by atoms with Gasteiger partial charge >= 0.3 is 0 Å². The zero-order chi connectivity index (χ0) is 14.1. The molecule has 1 aliphatic heterocycles. The molecule has 1 fully saturated rings. The van der Waals surface area contributed by atoms with Gasteiger partial charge in [-0.2, -0.15) is 0 Å². The molecule has 1 saturated heterocycles. The Hall–Kier alpha value is -1.97. The molecule has 0 spiro atoms. The number of rotatable bonds is 2. The van der Waals surface area contributed by atoms with Crippen LogP contribution >= 0.6 is 0 Å². The van der Waals surface area contributed by atoms with E-state index >= 15 is 0 Å². The van der Waals surface area contributed by atoms with Gasteiger partial charge in [0, 0.05) is 42.3 Å². The maximum Gasteiger partial charge on any atom is 0.161 e. The lowest BCUT2D eigenvalue weighted by atomic mass is 9.96. The molecule has 4 heteroatoms. The van der Waals surface area contributed by atoms with Crippen LogP contribution in [0.2, 0.25) is 0 Å². The molecule has 2 aromatic heterocycles. The molecule has 4 rings (SSSR count). The minimum atomic E-state index is 0.861. The van der Waals surface area contributed by atoms with Crippen molar-refractivity contribution in [1.82, 2.24) is 15.0 Å². The Bertz CT molecular complexity index is 633. The van der Waals surface area contributed by atoms with E-state index in [-0.39, 0.29) is 0 Å². The van der Waals surface area contributed by atoms with Gasteiger partial charge in [-0.05, 0) is 50.7 Å². The second kappa shape index (κ2) is 5.43. The van der Waals surface area contributed by atoms with Crippen LogP contribution in [0.4, 0.5) is 5.82 Å². The molecule has 2 aromatic rings. The monoisotopic (exact) mass is 280 g/mol. The number of nitrogens with zero attached hydrogens (tertiary/aromatic N) is 4. The third-order valence-electron chi connectivity index (χ3n) is 4.51. The topological polar surface area (TPSA) is 41.9 Å². The van der Waals surface area contributed by atoms with E-state index < -0.39 is 0 Å². The van der Waals surface area contributed by atoms with Crippen molar-refractivity contribution < 1.29 is 0 Å². The van der Waals surface area contributed by atoms with Gasteiger partial charge in [0.2, 0.25) is 0 Å². The molecule has 0 radical (unpaired) electrons. The number of aryl methyl sites for hydroxylation is 1. The van der Waals surface area contributed by atoms with Crippen LogP contribution in [0.1, 0.15) is 36.9 Å². The first-order valence-corrected chi connectivity index (χ1v) is 7.97. The van der Waals surface area contributed by atoms with Crippen molar-refractivity contribution in [2.45, 2.75) is 38.5 Å². The van der Waals surface area contributed by atoms with Gasteiger partial charge in [0.15, 0.2) is 5.82 Å². The Labute approximate surface area is 125 Å². The van der Waals surface area contributed by atoms with Crippen LogP contribution in [0.15, 0.2) is 24.5 Å². The number of fused-ring (bicyclic) bond motifs is 1. The van der Waals surface area contributed by atoms with Crippen LogP contribution in [-0.4, -0.2) is 28.0 Å². The Morgan fingerprint density at radius 1 is 0.857 bits per heavy atom. The van der Waals surface area contributed by atoms with Gasteiger partial charge in [-0.25, -0.2) is 9.97 Å². The Kier molecular flexibility index (Phi) is 3.30. The van der Waals surface area contributed by atoms with Crippen LogP contribution in [0.25, 0.3) is 11.4 Å². The fourth-order valence-electron chi connectivity index (χ4n) is 3.39. The van der Waals surface area contributed by atoms with Gasteiger partial charge < -0.3 is 4.90 Å². The third-order valence-corrected chi connectivity index (χ3v) is 4.51. The minimum absolute atomic E-state index is 0.861. The zero-order valence-electron chi connectivity index (χ0n) is 12.3. The van der Waals surface area contributed by atoms with E-state index in [1.807, 2.05) is 24.5 Å². The van der Waals surface area contributed by atoms with E-state index in [0.29, 0.717) is 0 Å². The fraction of sp³-hybridized carbons (Fsp3) is 0.471. The predicted octanol–water partition coefficient (Wildman–Crippen LogP) is 3.02. The van der Waals surface area contributed by atoms with Crippen LogP contribution in [0, 0.1) is 0 Å². The summed E-state index contributed by atoms with van der Waals surface area (Å²) >= 11 is 0. The highest BCUT2D eigenvalue weighted by molar-refractivity contribution is 5.60. The SMILES string of the molecule is c1cc(-c2nc3c(c(N4CCCC4)n2)CCCC3)ccn1. The summed E-state index contributed by atoms with van der Waals surface area (Å²) < 4.78 is 0. The Balaban J connectivity index is 1.83. The summed E-state index contributed by atoms with van der Waals surface area (Å²) in [5.41, 5.74) is 3.74. The molecular weight excluding hydrogens is 260 g/mol. The second-order valence-corrected chi connectivity index (χ2v) is 5.93. The van der Waals surface area contributed by atoms with Crippen molar-refractivity contribution >= 4 is 5.82 Å². The summed E-state index contributed by atoms with van der Waals surface area (Å²) in [4.78, 5) is 16.3. The fourth-order valence-corrected chi connectivity index (χ4v) is 3.39. The van der Waals surface area contributed by atoms with Crippen molar-refractivity contribution in [3.63, 3.8) is 0 Å². The Morgan fingerprint density at radius 3 is 2.43 bits per heavy atom. The number of aromatic nitrogens is 3. The highest BCUT2D eigenvalue weighted by atomic mass is 15.2. The molecule has 0 N–H and O–H groups in total. The molecule has 0 saturated carbocycles. The molecule has 21 heavy (non-hydrogen) atoms. The van der Waals surface area contributed by atoms with Crippen LogP contribution < -0.4 is 4.90 Å². The van der Waals surface area contributed by atoms with Crippen molar-refractivity contribution in [2.75, 3.05) is 18.0 Å². The van der Waals surface area contributed by atoms with Crippen LogP contribution in [0.3, 0.4) is 0 Å². The average molecular weight is 280 g/mol. The molecule has 1 aliphatic carbocycles. The summed E-state index contributed by atoms with van der Waals surface area (Å²) in [6.07, 6.45) is 10.9. The van der Waals surface area contributed by atoms with Crippen molar-refractivity contribution in [1.29, 1.82) is 0 Å². The standard InChI is InChI=1S/C17H20N4/c1-2-6-15-14(5-1)17(21-11-3-4-12-21)20-16(19-15)13-7-9-18-10-8-13/h7-10H,1-6,11-12H2. The first-order chi connectivity index (χ1) is 10.4. The normalized spacial score (nSPS) is 17.8. The maximum absolute atomic E-state index is 4.93. The molecule has 0 atom stereocenters. The zero-order valence-corrected chi connectivity index (χ0v) is 12.3. The number of hydrogen-bond acceptors (Lipinski definition) is 4. The summed E-state index contributed by atoms with van der Waals surface area (Å²) in [6, 6.07) is 4.00. The highest BCUT2D eigenvalue weighted by Crippen LogP contribution is 2.32. The lowest BCUT2D eigenvalue weighted by molar-refractivity contribution is 0.660. The molecular formula is C17H20N4. The molecule has 0 aromatic carbocycles. The number of hydrogen-bond donors (Lipinski definition) is 0. The third kappa shape index (κ3) is 2.39. The van der Waals surface area contributed by atoms with Gasteiger partial charge in [-0.1, -0.05) is 0 Å². The molecule has 0 bridgehead atoms. The molecule has 4 nitrogen and oxygen atoms in total. The lowest BCUT2D eigenvalue weighted by Gasteiger charge is -2.25. The predicted molar refractivity (Wildman–Crippen MR) is 83.4 cm³/mol. The van der Waals surface area contributed by atoms with E-state index in [1.54, 1.807) is 0 Å². The summed E-state index contributed by atoms with van der Waals surface area (Å²) in [5, 5.41) is 0. The average Bonchev–Trinajstić information content (AvgIpc) is 3.09. The summed E-state index contributed by atoms with van der Waals surface area (Å²) in [6.45, 7) is 2.28. The Morgan fingerprint density at radius 2 is 1.62 bits per heavy atom. The first-order valence-electron chi connectivity index (χ1n) is 7.97. The molecule has 0 amide bonds. The smallest absolute Gasteiger partial charge is 0.161 e. The largest absolute Gasteiger partial charge is 0.356 e. The minimum Gasteiger partial charge on any atom is -0.356 e. The highest BCUT2D eigenvalue weighted by Gasteiger charge is 2.23. The van der Waals surface area contributed by atoms with Crippen LogP contribution in [0.5, 0.6) is 0 Å². The van der Waals surface area contributed by atoms with E-state index in [9.17, 15) is 0 Å². The van der Waals surface area contributed by atoms with Gasteiger partial charge in [0.05, 0.1) is 0 Å². The van der Waals surface area contributed by atoms with E-state index in [4.69, 9.17) is 9.97 Å². The van der Waals surface area contributed by atoms with Gasteiger partial charge in [0.25, 0.3) is 0 Å². The number of pyridine rings is 1. The van der Waals surface area contributed by atoms with Gasteiger partial charge in [-0.3, -0.25) is 4.98 Å². The van der Waals surface area contributed by atoms with Crippen molar-refractivity contribution in [2.24, 2.45) is 0 Å². The quantitative estimate of drug-likeness (QED) is 0.848. The second-order valence-electron chi connectivity index (χ2n) is 5.93. The maximum atomic E-state index is 4.93. The lowest BCUT2D eigenvalue weighted by Crippen LogP contribution is -2.23. The van der Waals surface area contributed by atoms with Crippen LogP contribution in [-0.2, 0) is 12.8 Å². The van der Waals surface area contributed by atoms with E-state index in [2.05, 4.69) is 9.88 Å². The van der Waals surface area contributed by atoms with E-state index in [1.165, 1.54) is 42.8 Å². The van der Waals surface area contributed by atoms with Crippen molar-refractivity contribution in [3.05, 3.63) is 35.8 Å². The van der Waals surface area contributed by atoms with E-state index in [0.717, 1.165) is 37.3 Å². The van der Waals surface area contributed by atoms with Gasteiger partial charge in [0.1, 0.15) is 5.82 Å². The van der Waals surface area contributed by atoms with Crippen molar-refractivity contribution in [3.8, 4) is 11.4 Å². The number of anilines is 1. The molecule has 3 heterocycles. The summed E-state index contributed by atoms with van der Waals surface area (Å²) in [7, 11) is 0. The molecule has 2 aliphatic rings. The van der Waals surface area contributed by atoms with Gasteiger partial charge in [-0.15, -0.1) is 0 Å². The molecule has 108 valence electrons. The summed E-state index contributed by atoms with van der Waals surface area (Å²) in [5.74, 6) is 2.06.